The number of carbonyl (C=O) groups excluding carboxylic acids is 1. The number of anilines is 1. The van der Waals surface area contributed by atoms with Crippen molar-refractivity contribution in [1.82, 2.24) is 0 Å². The number of fused-ring (bicyclic) bond motifs is 1. The summed E-state index contributed by atoms with van der Waals surface area (Å²) in [4.78, 5) is 15.1. The first kappa shape index (κ1) is 20.2. The van der Waals surface area contributed by atoms with Gasteiger partial charge in [0.1, 0.15) is 11.6 Å². The van der Waals surface area contributed by atoms with E-state index in [9.17, 15) is 4.79 Å². The highest BCUT2D eigenvalue weighted by Gasteiger charge is 2.38. The number of hydrogen-bond donors (Lipinski definition) is 0. The summed E-state index contributed by atoms with van der Waals surface area (Å²) in [6.07, 6.45) is 1.16. The van der Waals surface area contributed by atoms with Gasteiger partial charge in [0.05, 0.1) is 6.42 Å². The molecule has 3 nitrogen and oxygen atoms in total. The predicted octanol–water partition coefficient (Wildman–Crippen LogP) is 5.78. The summed E-state index contributed by atoms with van der Waals surface area (Å²) >= 11 is 0. The van der Waals surface area contributed by atoms with E-state index in [2.05, 4.69) is 77.7 Å². The molecule has 1 radical (unpaired) electrons. The second kappa shape index (κ2) is 8.35. The molecule has 1 atom stereocenters. The quantitative estimate of drug-likeness (QED) is 0.510. The maximum atomic E-state index is 12.7. The molecule has 30 heavy (non-hydrogen) atoms. The Morgan fingerprint density at radius 2 is 1.40 bits per heavy atom. The maximum Gasteiger partial charge on any atom is 0.308 e. The first-order chi connectivity index (χ1) is 14.4. The molecule has 3 aromatic carbocycles. The molecule has 1 aliphatic rings. The Labute approximate surface area is 179 Å². The predicted molar refractivity (Wildman–Crippen MR) is 121 cm³/mol. The summed E-state index contributed by atoms with van der Waals surface area (Å²) in [7, 11) is 0. The highest BCUT2D eigenvalue weighted by Crippen LogP contribution is 2.42. The van der Waals surface area contributed by atoms with E-state index in [1.807, 2.05) is 32.9 Å². The van der Waals surface area contributed by atoms with Gasteiger partial charge in [0, 0.05) is 11.7 Å². The monoisotopic (exact) mass is 398 g/mol. The van der Waals surface area contributed by atoms with Crippen LogP contribution in [0.25, 0.3) is 0 Å². The highest BCUT2D eigenvalue weighted by atomic mass is 16.6. The molecule has 0 unspecified atom stereocenters. The standard InChI is InChI=1S/C27H28NO2/c1-27(2,3)30-25(29)19-23-18-22-16-10-11-17-24(22)28(23)26(20-12-6-4-7-13-20)21-14-8-5-9-15-21/h4-17,23H,18-19H2,1-3H3/t23-/m0/s1. The van der Waals surface area contributed by atoms with Gasteiger partial charge in [0.2, 0.25) is 0 Å². The number of carbonyl (C=O) groups is 1. The third kappa shape index (κ3) is 4.40. The molecule has 4 rings (SSSR count). The summed E-state index contributed by atoms with van der Waals surface area (Å²) in [6, 6.07) is 30.4. The van der Waals surface area contributed by atoms with Gasteiger partial charge in [-0.3, -0.25) is 4.79 Å². The normalized spacial score (nSPS) is 15.9. The average molecular weight is 399 g/mol. The van der Waals surface area contributed by atoms with Crippen LogP contribution in [0.5, 0.6) is 0 Å². The van der Waals surface area contributed by atoms with E-state index in [4.69, 9.17) is 4.74 Å². The molecule has 1 heterocycles. The zero-order valence-corrected chi connectivity index (χ0v) is 17.8. The van der Waals surface area contributed by atoms with Gasteiger partial charge in [-0.25, -0.2) is 0 Å². The van der Waals surface area contributed by atoms with Crippen molar-refractivity contribution in [1.29, 1.82) is 0 Å². The number of esters is 1. The number of rotatable bonds is 5. The molecule has 0 saturated heterocycles. The number of ether oxygens (including phenoxy) is 1. The van der Waals surface area contributed by atoms with Crippen LogP contribution < -0.4 is 4.90 Å². The topological polar surface area (TPSA) is 29.5 Å². The van der Waals surface area contributed by atoms with Crippen molar-refractivity contribution in [3.05, 3.63) is 108 Å². The van der Waals surface area contributed by atoms with Crippen LogP contribution in [0.4, 0.5) is 5.69 Å². The van der Waals surface area contributed by atoms with E-state index in [-0.39, 0.29) is 12.0 Å². The van der Waals surface area contributed by atoms with Gasteiger partial charge in [0.15, 0.2) is 0 Å². The van der Waals surface area contributed by atoms with Crippen LogP contribution in [0.3, 0.4) is 0 Å². The molecule has 3 aromatic rings. The minimum absolute atomic E-state index is 0.00709. The first-order valence-corrected chi connectivity index (χ1v) is 10.5. The van der Waals surface area contributed by atoms with Crippen molar-refractivity contribution >= 4 is 11.7 Å². The number of hydrogen-bond acceptors (Lipinski definition) is 3. The van der Waals surface area contributed by atoms with E-state index >= 15 is 0 Å². The van der Waals surface area contributed by atoms with E-state index in [1.165, 1.54) is 5.56 Å². The Morgan fingerprint density at radius 3 is 1.97 bits per heavy atom. The average Bonchev–Trinajstić information content (AvgIpc) is 3.06. The first-order valence-electron chi connectivity index (χ1n) is 10.5. The van der Waals surface area contributed by atoms with Crippen molar-refractivity contribution in [2.24, 2.45) is 0 Å². The number of para-hydroxylation sites is 1. The summed E-state index contributed by atoms with van der Waals surface area (Å²) < 4.78 is 5.66. The molecule has 153 valence electrons. The molecule has 1 aliphatic heterocycles. The van der Waals surface area contributed by atoms with Crippen LogP contribution in [0.2, 0.25) is 0 Å². The van der Waals surface area contributed by atoms with Gasteiger partial charge in [0.25, 0.3) is 0 Å². The molecule has 0 N–H and O–H groups in total. The van der Waals surface area contributed by atoms with Crippen LogP contribution >= 0.6 is 0 Å². The van der Waals surface area contributed by atoms with Crippen molar-refractivity contribution in [2.75, 3.05) is 4.90 Å². The van der Waals surface area contributed by atoms with Gasteiger partial charge >= 0.3 is 5.97 Å². The Kier molecular flexibility index (Phi) is 5.63. The van der Waals surface area contributed by atoms with Crippen LogP contribution in [0.15, 0.2) is 84.9 Å². The number of nitrogens with zero attached hydrogens (tertiary/aromatic N) is 1. The highest BCUT2D eigenvalue weighted by molar-refractivity contribution is 5.75. The molecule has 0 aromatic heterocycles. The van der Waals surface area contributed by atoms with Crippen LogP contribution in [-0.4, -0.2) is 17.6 Å². The van der Waals surface area contributed by atoms with Gasteiger partial charge in [-0.2, -0.15) is 0 Å². The molecular weight excluding hydrogens is 370 g/mol. The fraction of sp³-hybridized carbons (Fsp3) is 0.259. The summed E-state index contributed by atoms with van der Waals surface area (Å²) in [5.41, 5.74) is 4.20. The lowest BCUT2D eigenvalue weighted by Crippen LogP contribution is -2.39. The second-order valence-electron chi connectivity index (χ2n) is 8.73. The van der Waals surface area contributed by atoms with Gasteiger partial charge in [-0.1, -0.05) is 78.9 Å². The smallest absolute Gasteiger partial charge is 0.308 e. The van der Waals surface area contributed by atoms with Crippen molar-refractivity contribution < 1.29 is 9.53 Å². The Hall–Kier alpha value is -3.07. The van der Waals surface area contributed by atoms with Crippen LogP contribution in [-0.2, 0) is 16.0 Å². The zero-order chi connectivity index (χ0) is 21.1. The van der Waals surface area contributed by atoms with Crippen molar-refractivity contribution in [3.8, 4) is 0 Å². The third-order valence-electron chi connectivity index (χ3n) is 5.23. The Bertz CT molecular complexity index is 953. The zero-order valence-electron chi connectivity index (χ0n) is 17.8. The molecular formula is C27H28NO2. The lowest BCUT2D eigenvalue weighted by molar-refractivity contribution is -0.155. The lowest BCUT2D eigenvalue weighted by atomic mass is 9.95. The lowest BCUT2D eigenvalue weighted by Gasteiger charge is -2.35. The van der Waals surface area contributed by atoms with Crippen molar-refractivity contribution in [3.63, 3.8) is 0 Å². The summed E-state index contributed by atoms with van der Waals surface area (Å²) in [5, 5.41) is 0. The minimum atomic E-state index is -0.487. The van der Waals surface area contributed by atoms with Crippen LogP contribution in [0, 0.1) is 6.04 Å². The van der Waals surface area contributed by atoms with E-state index < -0.39 is 5.60 Å². The SMILES string of the molecule is CC(C)(C)OC(=O)C[C@@H]1Cc2ccccc2N1[C](c1ccccc1)c1ccccc1. The van der Waals surface area contributed by atoms with Gasteiger partial charge in [-0.05, 0) is 49.9 Å². The number of benzene rings is 3. The fourth-order valence-electron chi connectivity index (χ4n) is 4.14. The van der Waals surface area contributed by atoms with Gasteiger partial charge in [-0.15, -0.1) is 0 Å². The molecule has 0 amide bonds. The Morgan fingerprint density at radius 1 is 0.867 bits per heavy atom. The summed E-state index contributed by atoms with van der Waals surface area (Å²) in [6.45, 7) is 5.74. The molecule has 0 bridgehead atoms. The Balaban J connectivity index is 1.76. The van der Waals surface area contributed by atoms with E-state index in [0.717, 1.165) is 29.3 Å². The summed E-state index contributed by atoms with van der Waals surface area (Å²) in [5.74, 6) is -0.161. The largest absolute Gasteiger partial charge is 0.460 e. The molecule has 0 aliphatic carbocycles. The van der Waals surface area contributed by atoms with E-state index in [0.29, 0.717) is 6.42 Å². The molecule has 3 heteroatoms. The van der Waals surface area contributed by atoms with Crippen molar-refractivity contribution in [2.45, 2.75) is 45.3 Å². The molecule has 0 spiro atoms. The van der Waals surface area contributed by atoms with Crippen LogP contribution in [0.1, 0.15) is 43.9 Å². The molecule has 0 saturated carbocycles. The fourth-order valence-corrected chi connectivity index (χ4v) is 4.14. The minimum Gasteiger partial charge on any atom is -0.460 e. The van der Waals surface area contributed by atoms with Gasteiger partial charge < -0.3 is 9.64 Å². The van der Waals surface area contributed by atoms with E-state index in [1.54, 1.807) is 0 Å². The second-order valence-corrected chi connectivity index (χ2v) is 8.73. The maximum absolute atomic E-state index is 12.7. The third-order valence-corrected chi connectivity index (χ3v) is 5.23. The molecule has 0 fully saturated rings.